The predicted octanol–water partition coefficient (Wildman–Crippen LogP) is 4.58. The Morgan fingerprint density at radius 3 is 2.80 bits per heavy atom. The summed E-state index contributed by atoms with van der Waals surface area (Å²) in [6, 6.07) is 0. The van der Waals surface area contributed by atoms with Crippen molar-refractivity contribution < 1.29 is 0 Å². The first kappa shape index (κ1) is 11.0. The zero-order valence-corrected chi connectivity index (χ0v) is 10.4. The van der Waals surface area contributed by atoms with Crippen molar-refractivity contribution in [2.45, 2.75) is 46.5 Å². The minimum atomic E-state index is 0.765. The topological polar surface area (TPSA) is 0 Å². The number of hydrogen-bond acceptors (Lipinski definition) is 0. The molecule has 1 fully saturated rings. The molecule has 0 saturated heterocycles. The molecule has 0 aromatic carbocycles. The number of rotatable bonds is 1. The highest BCUT2D eigenvalue weighted by Crippen LogP contribution is 2.47. The minimum Gasteiger partial charge on any atom is -0.0998 e. The predicted molar refractivity (Wildman–Crippen MR) is 66.7 cm³/mol. The maximum atomic E-state index is 4.19. The smallest absolute Gasteiger partial charge is 0.0140 e. The van der Waals surface area contributed by atoms with E-state index in [0.717, 1.165) is 23.7 Å². The Labute approximate surface area is 94.5 Å². The van der Waals surface area contributed by atoms with E-state index in [2.05, 4.69) is 33.4 Å². The van der Waals surface area contributed by atoms with Gasteiger partial charge < -0.3 is 0 Å². The summed E-state index contributed by atoms with van der Waals surface area (Å²) in [7, 11) is 0. The highest BCUT2D eigenvalue weighted by molar-refractivity contribution is 5.17. The van der Waals surface area contributed by atoms with E-state index in [1.807, 2.05) is 0 Å². The molecule has 0 unspecified atom stereocenters. The highest BCUT2D eigenvalue weighted by Gasteiger charge is 2.37. The molecule has 1 saturated carbocycles. The first-order chi connectivity index (χ1) is 7.09. The molecule has 2 aliphatic carbocycles. The molecule has 2 aliphatic rings. The van der Waals surface area contributed by atoms with Crippen LogP contribution < -0.4 is 0 Å². The summed E-state index contributed by atoms with van der Waals surface area (Å²) in [4.78, 5) is 0. The molecular formula is C15H24. The summed E-state index contributed by atoms with van der Waals surface area (Å²) < 4.78 is 0. The Morgan fingerprint density at radius 1 is 1.40 bits per heavy atom. The van der Waals surface area contributed by atoms with Gasteiger partial charge in [-0.15, -0.1) is 0 Å². The Kier molecular flexibility index (Phi) is 3.04. The van der Waals surface area contributed by atoms with E-state index in [-0.39, 0.29) is 0 Å². The van der Waals surface area contributed by atoms with Gasteiger partial charge in [-0.2, -0.15) is 0 Å². The third-order valence-corrected chi connectivity index (χ3v) is 4.59. The van der Waals surface area contributed by atoms with Crippen molar-refractivity contribution in [3.05, 3.63) is 23.8 Å². The van der Waals surface area contributed by atoms with Gasteiger partial charge in [0, 0.05) is 0 Å². The van der Waals surface area contributed by atoms with Gasteiger partial charge in [-0.25, -0.2) is 0 Å². The molecule has 4 atom stereocenters. The molecule has 15 heavy (non-hydrogen) atoms. The van der Waals surface area contributed by atoms with E-state index in [1.54, 1.807) is 5.57 Å². The van der Waals surface area contributed by atoms with Crippen LogP contribution in [0.4, 0.5) is 0 Å². The van der Waals surface area contributed by atoms with Crippen LogP contribution in [0.5, 0.6) is 0 Å². The summed E-state index contributed by atoms with van der Waals surface area (Å²) in [6.07, 6.45) is 7.98. The molecule has 0 radical (unpaired) electrons. The average Bonchev–Trinajstić information content (AvgIpc) is 2.17. The molecule has 0 spiro atoms. The van der Waals surface area contributed by atoms with Crippen molar-refractivity contribution in [3.63, 3.8) is 0 Å². The number of hydrogen-bond donors (Lipinski definition) is 0. The maximum Gasteiger partial charge on any atom is -0.0140 e. The zero-order valence-electron chi connectivity index (χ0n) is 10.4. The van der Waals surface area contributed by atoms with Crippen LogP contribution in [0.2, 0.25) is 0 Å². The van der Waals surface area contributed by atoms with Gasteiger partial charge in [-0.3, -0.25) is 0 Å². The molecule has 0 aliphatic heterocycles. The lowest BCUT2D eigenvalue weighted by Gasteiger charge is -2.43. The second-order valence-corrected chi connectivity index (χ2v) is 5.83. The van der Waals surface area contributed by atoms with Gasteiger partial charge in [-0.1, -0.05) is 37.1 Å². The maximum absolute atomic E-state index is 4.19. The van der Waals surface area contributed by atoms with Gasteiger partial charge in [0.2, 0.25) is 0 Å². The van der Waals surface area contributed by atoms with Crippen molar-refractivity contribution in [2.24, 2.45) is 23.7 Å². The van der Waals surface area contributed by atoms with Crippen LogP contribution in [-0.2, 0) is 0 Å². The van der Waals surface area contributed by atoms with Crippen LogP contribution in [0.1, 0.15) is 46.5 Å². The number of fused-ring (bicyclic) bond motifs is 1. The van der Waals surface area contributed by atoms with Gasteiger partial charge in [0.15, 0.2) is 0 Å². The van der Waals surface area contributed by atoms with Crippen LogP contribution in [-0.4, -0.2) is 0 Å². The summed E-state index contributed by atoms with van der Waals surface area (Å²) >= 11 is 0. The van der Waals surface area contributed by atoms with E-state index in [9.17, 15) is 0 Å². The van der Waals surface area contributed by atoms with Crippen molar-refractivity contribution >= 4 is 0 Å². The highest BCUT2D eigenvalue weighted by atomic mass is 14.4. The van der Waals surface area contributed by atoms with Gasteiger partial charge in [0.25, 0.3) is 0 Å². The molecule has 2 rings (SSSR count). The fraction of sp³-hybridized carbons (Fsp3) is 0.733. The van der Waals surface area contributed by atoms with Crippen LogP contribution in [0.3, 0.4) is 0 Å². The summed E-state index contributed by atoms with van der Waals surface area (Å²) in [5, 5.41) is 0. The van der Waals surface area contributed by atoms with E-state index < -0.39 is 0 Å². The van der Waals surface area contributed by atoms with Gasteiger partial charge in [0.05, 0.1) is 0 Å². The third kappa shape index (κ3) is 2.04. The Hall–Kier alpha value is -0.520. The fourth-order valence-electron chi connectivity index (χ4n) is 3.64. The summed E-state index contributed by atoms with van der Waals surface area (Å²) in [5.41, 5.74) is 3.06. The molecule has 0 N–H and O–H groups in total. The molecule has 84 valence electrons. The lowest BCUT2D eigenvalue weighted by atomic mass is 9.62. The quantitative estimate of drug-likeness (QED) is 0.548. The molecule has 0 heteroatoms. The lowest BCUT2D eigenvalue weighted by Crippen LogP contribution is -2.33. The first-order valence-electron chi connectivity index (χ1n) is 6.41. The second-order valence-electron chi connectivity index (χ2n) is 5.83. The van der Waals surface area contributed by atoms with Crippen molar-refractivity contribution in [1.82, 2.24) is 0 Å². The molecule has 0 aromatic rings. The molecule has 0 nitrogen and oxygen atoms in total. The fourth-order valence-corrected chi connectivity index (χ4v) is 3.64. The van der Waals surface area contributed by atoms with E-state index >= 15 is 0 Å². The minimum absolute atomic E-state index is 0.765. The average molecular weight is 204 g/mol. The van der Waals surface area contributed by atoms with Gasteiger partial charge >= 0.3 is 0 Å². The van der Waals surface area contributed by atoms with Gasteiger partial charge in [-0.05, 0) is 56.8 Å². The number of allylic oxidation sites excluding steroid dienone is 3. The Bertz CT molecular complexity index is 282. The zero-order chi connectivity index (χ0) is 11.0. The molecule has 0 aromatic heterocycles. The summed E-state index contributed by atoms with van der Waals surface area (Å²) in [6.45, 7) is 11.2. The molecule has 0 amide bonds. The molecule has 0 bridgehead atoms. The van der Waals surface area contributed by atoms with E-state index in [4.69, 9.17) is 0 Å². The van der Waals surface area contributed by atoms with E-state index in [1.165, 1.54) is 31.3 Å². The SMILES string of the molecule is C=C(C)[C@H]1CC=C(C)[C@H]2CC[C@H](C)C[C@H]12. The molecular weight excluding hydrogens is 180 g/mol. The normalized spacial score (nSPS) is 40.6. The standard InChI is InChI=1S/C15H24/c1-10(2)13-8-6-12(4)14-7-5-11(3)9-15(13)14/h6,11,13-15H,1,5,7-9H2,2-4H3/t11-,13+,14+,15+/m0/s1. The van der Waals surface area contributed by atoms with Crippen molar-refractivity contribution in [1.29, 1.82) is 0 Å². The van der Waals surface area contributed by atoms with Crippen molar-refractivity contribution in [3.8, 4) is 0 Å². The third-order valence-electron chi connectivity index (χ3n) is 4.59. The largest absolute Gasteiger partial charge is 0.0998 e. The Morgan fingerprint density at radius 2 is 2.13 bits per heavy atom. The Balaban J connectivity index is 2.21. The van der Waals surface area contributed by atoms with Gasteiger partial charge in [0.1, 0.15) is 0 Å². The van der Waals surface area contributed by atoms with Crippen LogP contribution >= 0.6 is 0 Å². The summed E-state index contributed by atoms with van der Waals surface area (Å²) in [5.74, 6) is 3.47. The van der Waals surface area contributed by atoms with Crippen LogP contribution in [0, 0.1) is 23.7 Å². The van der Waals surface area contributed by atoms with Crippen LogP contribution in [0.15, 0.2) is 23.8 Å². The first-order valence-corrected chi connectivity index (χ1v) is 6.41. The van der Waals surface area contributed by atoms with Crippen LogP contribution in [0.25, 0.3) is 0 Å². The lowest BCUT2D eigenvalue weighted by molar-refractivity contribution is 0.156. The second kappa shape index (κ2) is 4.15. The molecule has 0 heterocycles. The van der Waals surface area contributed by atoms with E-state index in [0.29, 0.717) is 0 Å². The monoisotopic (exact) mass is 204 g/mol. The van der Waals surface area contributed by atoms with Crippen molar-refractivity contribution in [2.75, 3.05) is 0 Å².